The Morgan fingerprint density at radius 2 is 2.00 bits per heavy atom. The Morgan fingerprint density at radius 1 is 1.24 bits per heavy atom. The molecule has 2 rings (SSSR count). The number of amides is 1. The number of rotatable bonds is 7. The lowest BCUT2D eigenvalue weighted by atomic mass is 10.0. The highest BCUT2D eigenvalue weighted by atomic mass is 16.4. The summed E-state index contributed by atoms with van der Waals surface area (Å²) in [5, 5.41) is 8.98. The number of carboxylic acid groups (broad SMARTS) is 1. The van der Waals surface area contributed by atoms with Crippen LogP contribution in [0.3, 0.4) is 0 Å². The number of carbonyl (C=O) groups excluding carboxylic acids is 1. The fourth-order valence-corrected chi connectivity index (χ4v) is 2.58. The molecule has 0 saturated heterocycles. The van der Waals surface area contributed by atoms with Crippen molar-refractivity contribution >= 4 is 11.9 Å². The molecule has 4 heteroatoms. The smallest absolute Gasteiger partial charge is 0.323 e. The lowest BCUT2D eigenvalue weighted by Gasteiger charge is -2.22. The Morgan fingerprint density at radius 3 is 2.62 bits per heavy atom. The van der Waals surface area contributed by atoms with Crippen LogP contribution < -0.4 is 0 Å². The van der Waals surface area contributed by atoms with Gasteiger partial charge in [-0.15, -0.1) is 0 Å². The van der Waals surface area contributed by atoms with Crippen LogP contribution >= 0.6 is 0 Å². The van der Waals surface area contributed by atoms with Crippen LogP contribution in [0.1, 0.15) is 24.8 Å². The molecular formula is C17H21NO3. The van der Waals surface area contributed by atoms with Gasteiger partial charge in [-0.2, -0.15) is 0 Å². The second-order valence-electron chi connectivity index (χ2n) is 5.41. The van der Waals surface area contributed by atoms with Gasteiger partial charge in [0.25, 0.3) is 0 Å². The summed E-state index contributed by atoms with van der Waals surface area (Å²) >= 11 is 0. The zero-order valence-corrected chi connectivity index (χ0v) is 12.1. The van der Waals surface area contributed by atoms with Gasteiger partial charge < -0.3 is 10.0 Å². The molecule has 1 aromatic rings. The van der Waals surface area contributed by atoms with Crippen molar-refractivity contribution in [1.82, 2.24) is 4.90 Å². The number of benzene rings is 1. The first-order chi connectivity index (χ1) is 10.1. The minimum atomic E-state index is -0.960. The second kappa shape index (κ2) is 7.62. The fourth-order valence-electron chi connectivity index (χ4n) is 2.58. The number of allylic oxidation sites excluding steroid dienone is 2. The van der Waals surface area contributed by atoms with Crippen molar-refractivity contribution in [3.05, 3.63) is 48.0 Å². The SMILES string of the molecule is O=C(O)CN(CCc1ccccc1)C(=O)CC1C=CCC1. The molecule has 1 aliphatic rings. The number of aliphatic carboxylic acids is 1. The molecule has 1 aliphatic carbocycles. The number of nitrogens with zero attached hydrogens (tertiary/aromatic N) is 1. The molecule has 1 unspecified atom stereocenters. The van der Waals surface area contributed by atoms with Gasteiger partial charge in [-0.1, -0.05) is 42.5 Å². The third kappa shape index (κ3) is 5.06. The first kappa shape index (κ1) is 15.3. The van der Waals surface area contributed by atoms with E-state index in [4.69, 9.17) is 5.11 Å². The van der Waals surface area contributed by atoms with Crippen LogP contribution in [-0.4, -0.2) is 35.0 Å². The summed E-state index contributed by atoms with van der Waals surface area (Å²) in [6.07, 6.45) is 7.25. The van der Waals surface area contributed by atoms with E-state index in [-0.39, 0.29) is 18.4 Å². The van der Waals surface area contributed by atoms with Gasteiger partial charge in [0.15, 0.2) is 0 Å². The molecule has 1 atom stereocenters. The van der Waals surface area contributed by atoms with Gasteiger partial charge in [-0.25, -0.2) is 0 Å². The van der Waals surface area contributed by atoms with Gasteiger partial charge in [0, 0.05) is 13.0 Å². The molecule has 0 bridgehead atoms. The van der Waals surface area contributed by atoms with Crippen molar-refractivity contribution < 1.29 is 14.7 Å². The van der Waals surface area contributed by atoms with Gasteiger partial charge in [0.2, 0.25) is 5.91 Å². The van der Waals surface area contributed by atoms with Crippen molar-refractivity contribution in [3.63, 3.8) is 0 Å². The zero-order valence-electron chi connectivity index (χ0n) is 12.1. The lowest BCUT2D eigenvalue weighted by Crippen LogP contribution is -2.37. The average Bonchev–Trinajstić information content (AvgIpc) is 2.97. The Labute approximate surface area is 125 Å². The molecule has 0 saturated carbocycles. The summed E-state index contributed by atoms with van der Waals surface area (Å²) < 4.78 is 0. The van der Waals surface area contributed by atoms with E-state index >= 15 is 0 Å². The van der Waals surface area contributed by atoms with E-state index in [9.17, 15) is 9.59 Å². The van der Waals surface area contributed by atoms with Gasteiger partial charge in [-0.05, 0) is 30.7 Å². The van der Waals surface area contributed by atoms with Gasteiger partial charge in [0.05, 0.1) is 0 Å². The predicted octanol–water partition coefficient (Wildman–Crippen LogP) is 2.50. The fraction of sp³-hybridized carbons (Fsp3) is 0.412. The normalized spacial score (nSPS) is 16.9. The van der Waals surface area contributed by atoms with Crippen LogP contribution in [0.4, 0.5) is 0 Å². The zero-order chi connectivity index (χ0) is 15.1. The predicted molar refractivity (Wildman–Crippen MR) is 80.8 cm³/mol. The Kier molecular flexibility index (Phi) is 5.55. The van der Waals surface area contributed by atoms with Crippen LogP contribution in [0.15, 0.2) is 42.5 Å². The molecule has 1 amide bonds. The molecule has 0 heterocycles. The second-order valence-corrected chi connectivity index (χ2v) is 5.41. The number of carboxylic acids is 1. The third-order valence-electron chi connectivity index (χ3n) is 3.74. The quantitative estimate of drug-likeness (QED) is 0.784. The minimum absolute atomic E-state index is 0.0649. The molecule has 0 aliphatic heterocycles. The molecule has 0 fully saturated rings. The van der Waals surface area contributed by atoms with E-state index in [0.29, 0.717) is 19.4 Å². The van der Waals surface area contributed by atoms with Crippen molar-refractivity contribution in [2.45, 2.75) is 25.7 Å². The average molecular weight is 287 g/mol. The first-order valence-corrected chi connectivity index (χ1v) is 7.35. The van der Waals surface area contributed by atoms with Crippen molar-refractivity contribution in [3.8, 4) is 0 Å². The first-order valence-electron chi connectivity index (χ1n) is 7.35. The van der Waals surface area contributed by atoms with Gasteiger partial charge >= 0.3 is 5.97 Å². The molecule has 1 aromatic carbocycles. The van der Waals surface area contributed by atoms with Crippen LogP contribution in [0.2, 0.25) is 0 Å². The maximum Gasteiger partial charge on any atom is 0.323 e. The van der Waals surface area contributed by atoms with E-state index in [0.717, 1.165) is 18.4 Å². The molecule has 4 nitrogen and oxygen atoms in total. The highest BCUT2D eigenvalue weighted by Gasteiger charge is 2.21. The largest absolute Gasteiger partial charge is 0.480 e. The van der Waals surface area contributed by atoms with E-state index in [1.165, 1.54) is 4.90 Å². The van der Waals surface area contributed by atoms with E-state index in [1.807, 2.05) is 30.3 Å². The molecule has 112 valence electrons. The summed E-state index contributed by atoms with van der Waals surface area (Å²) in [5.41, 5.74) is 1.11. The van der Waals surface area contributed by atoms with Gasteiger partial charge in [0.1, 0.15) is 6.54 Å². The maximum atomic E-state index is 12.3. The standard InChI is InChI=1S/C17H21NO3/c19-16(12-15-8-4-5-9-15)18(13-17(20)21)11-10-14-6-2-1-3-7-14/h1-4,6-8,15H,5,9-13H2,(H,20,21). The highest BCUT2D eigenvalue weighted by Crippen LogP contribution is 2.21. The summed E-state index contributed by atoms with van der Waals surface area (Å²) in [6, 6.07) is 9.81. The van der Waals surface area contributed by atoms with Crippen molar-refractivity contribution in [2.75, 3.05) is 13.1 Å². The summed E-state index contributed by atoms with van der Waals surface area (Å²) in [4.78, 5) is 24.7. The Balaban J connectivity index is 1.91. The summed E-state index contributed by atoms with van der Waals surface area (Å²) in [7, 11) is 0. The molecule has 0 spiro atoms. The van der Waals surface area contributed by atoms with Crippen molar-refractivity contribution in [2.24, 2.45) is 5.92 Å². The monoisotopic (exact) mass is 287 g/mol. The number of hydrogen-bond acceptors (Lipinski definition) is 2. The third-order valence-corrected chi connectivity index (χ3v) is 3.74. The van der Waals surface area contributed by atoms with E-state index in [1.54, 1.807) is 0 Å². The van der Waals surface area contributed by atoms with Crippen LogP contribution in [0.5, 0.6) is 0 Å². The van der Waals surface area contributed by atoms with Crippen LogP contribution in [0.25, 0.3) is 0 Å². The lowest BCUT2D eigenvalue weighted by molar-refractivity contribution is -0.144. The van der Waals surface area contributed by atoms with E-state index < -0.39 is 5.97 Å². The number of carbonyl (C=O) groups is 2. The molecule has 21 heavy (non-hydrogen) atoms. The maximum absolute atomic E-state index is 12.3. The number of hydrogen-bond donors (Lipinski definition) is 1. The summed E-state index contributed by atoms with van der Waals surface area (Å²) in [6.45, 7) is 0.230. The van der Waals surface area contributed by atoms with Crippen LogP contribution in [0, 0.1) is 5.92 Å². The Hall–Kier alpha value is -2.10. The molecule has 1 N–H and O–H groups in total. The summed E-state index contributed by atoms with van der Waals surface area (Å²) in [5.74, 6) is -0.756. The Bertz CT molecular complexity index is 510. The highest BCUT2D eigenvalue weighted by molar-refractivity contribution is 5.81. The topological polar surface area (TPSA) is 57.6 Å². The molecular weight excluding hydrogens is 266 g/mol. The van der Waals surface area contributed by atoms with Crippen molar-refractivity contribution in [1.29, 1.82) is 0 Å². The van der Waals surface area contributed by atoms with Crippen LogP contribution in [-0.2, 0) is 16.0 Å². The molecule has 0 radical (unpaired) electrons. The van der Waals surface area contributed by atoms with E-state index in [2.05, 4.69) is 12.2 Å². The van der Waals surface area contributed by atoms with Gasteiger partial charge in [-0.3, -0.25) is 9.59 Å². The molecule has 0 aromatic heterocycles. The minimum Gasteiger partial charge on any atom is -0.480 e.